The molecule has 0 unspecified atom stereocenters. The molecule has 172 valence electrons. The number of halogens is 1. The molecular formula is C18H27ClN5O6P. The largest absolute Gasteiger partial charge is 0.475 e. The Bertz CT molecular complexity index is 1020. The minimum Gasteiger partial charge on any atom is -0.390 e. The smallest absolute Gasteiger partial charge is 0.390 e. The van der Waals surface area contributed by atoms with Crippen molar-refractivity contribution in [2.75, 3.05) is 12.3 Å². The number of hydrogen-bond acceptors (Lipinski definition) is 10. The van der Waals surface area contributed by atoms with Crippen LogP contribution in [0.4, 0.5) is 5.82 Å². The first kappa shape index (κ1) is 22.8. The van der Waals surface area contributed by atoms with Crippen LogP contribution in [0.5, 0.6) is 0 Å². The maximum Gasteiger partial charge on any atom is 0.475 e. The minimum atomic E-state index is -3.84. The first-order chi connectivity index (χ1) is 14.5. The van der Waals surface area contributed by atoms with E-state index in [9.17, 15) is 14.8 Å². The van der Waals surface area contributed by atoms with Crippen LogP contribution in [0.3, 0.4) is 0 Å². The lowest BCUT2D eigenvalue weighted by Gasteiger charge is -2.26. The van der Waals surface area contributed by atoms with Gasteiger partial charge in [0, 0.05) is 5.41 Å². The summed E-state index contributed by atoms with van der Waals surface area (Å²) >= 11 is 5.95. The third kappa shape index (κ3) is 3.97. The lowest BCUT2D eigenvalue weighted by molar-refractivity contribution is -0.0337. The number of nitrogens with two attached hydrogens (primary N) is 1. The fourth-order valence-corrected chi connectivity index (χ4v) is 6.23. The number of nitrogen functional groups attached to an aromatic ring is 1. The molecule has 0 amide bonds. The number of phosphoric ester groups is 1. The summed E-state index contributed by atoms with van der Waals surface area (Å²) in [7, 11) is -3.84. The van der Waals surface area contributed by atoms with Crippen molar-refractivity contribution in [3.8, 4) is 0 Å². The maximum atomic E-state index is 13.0. The van der Waals surface area contributed by atoms with E-state index in [2.05, 4.69) is 15.0 Å². The van der Waals surface area contributed by atoms with Crippen molar-refractivity contribution in [1.29, 1.82) is 0 Å². The van der Waals surface area contributed by atoms with E-state index in [4.69, 9.17) is 30.9 Å². The zero-order chi connectivity index (χ0) is 22.7. The van der Waals surface area contributed by atoms with Gasteiger partial charge in [0.1, 0.15) is 11.6 Å². The second-order valence-electron chi connectivity index (χ2n) is 8.70. The molecule has 13 heteroatoms. The standard InChI is InChI=1S/C18H27ClN5O6P/c1-8(2)29-31(27,30-9(3)4)28-6-18-5-10(18)12(13(25)14(18)26)24-7-21-11-15(20)22-17(19)23-16(11)24/h7-10,12-14,25-26H,5-6H2,1-4H3,(H2,20,22,23)/t10-,12+,13-,14-,18+/m0/s1. The molecule has 0 spiro atoms. The van der Waals surface area contributed by atoms with Crippen molar-refractivity contribution >= 4 is 36.4 Å². The molecule has 0 saturated heterocycles. The van der Waals surface area contributed by atoms with Crippen molar-refractivity contribution in [3.05, 3.63) is 11.6 Å². The van der Waals surface area contributed by atoms with Crippen LogP contribution in [0.25, 0.3) is 11.2 Å². The molecule has 2 aromatic rings. The fraction of sp³-hybridized carbons (Fsp3) is 0.722. The second-order valence-corrected chi connectivity index (χ2v) is 10.6. The normalized spacial score (nSPS) is 30.5. The summed E-state index contributed by atoms with van der Waals surface area (Å²) in [5.41, 5.74) is 5.81. The molecule has 11 nitrogen and oxygen atoms in total. The molecule has 2 aliphatic rings. The molecule has 0 bridgehead atoms. The van der Waals surface area contributed by atoms with Crippen LogP contribution in [0.1, 0.15) is 40.2 Å². The number of anilines is 1. The van der Waals surface area contributed by atoms with Crippen LogP contribution in [-0.2, 0) is 18.1 Å². The highest BCUT2D eigenvalue weighted by atomic mass is 35.5. The summed E-state index contributed by atoms with van der Waals surface area (Å²) in [4.78, 5) is 12.3. The molecule has 2 aliphatic carbocycles. The molecule has 4 N–H and O–H groups in total. The Hall–Kier alpha value is -1.33. The van der Waals surface area contributed by atoms with Crippen molar-refractivity contribution in [3.63, 3.8) is 0 Å². The van der Waals surface area contributed by atoms with Crippen LogP contribution in [0.2, 0.25) is 5.28 Å². The second kappa shape index (κ2) is 7.91. The molecule has 2 saturated carbocycles. The first-order valence-electron chi connectivity index (χ1n) is 10.1. The number of nitrogens with zero attached hydrogens (tertiary/aromatic N) is 4. The number of phosphoric acid groups is 1. The maximum absolute atomic E-state index is 13.0. The van der Waals surface area contributed by atoms with Crippen molar-refractivity contribution in [2.45, 2.75) is 64.6 Å². The lowest BCUT2D eigenvalue weighted by Crippen LogP contribution is -2.36. The highest BCUT2D eigenvalue weighted by Crippen LogP contribution is 2.69. The van der Waals surface area contributed by atoms with Gasteiger partial charge in [-0.25, -0.2) is 9.55 Å². The molecule has 0 aromatic carbocycles. The van der Waals surface area contributed by atoms with E-state index in [0.717, 1.165) is 0 Å². The van der Waals surface area contributed by atoms with Gasteiger partial charge in [0.15, 0.2) is 11.5 Å². The van der Waals surface area contributed by atoms with Crippen LogP contribution in [0, 0.1) is 11.3 Å². The monoisotopic (exact) mass is 475 g/mol. The third-order valence-corrected chi connectivity index (χ3v) is 7.74. The van der Waals surface area contributed by atoms with E-state index < -0.39 is 31.5 Å². The summed E-state index contributed by atoms with van der Waals surface area (Å²) in [6.45, 7) is 6.82. The van der Waals surface area contributed by atoms with E-state index >= 15 is 0 Å². The van der Waals surface area contributed by atoms with Gasteiger partial charge in [-0.2, -0.15) is 9.97 Å². The van der Waals surface area contributed by atoms with Gasteiger partial charge in [0.2, 0.25) is 5.28 Å². The molecule has 0 aliphatic heterocycles. The highest BCUT2D eigenvalue weighted by molar-refractivity contribution is 7.48. The molecule has 2 heterocycles. The summed E-state index contributed by atoms with van der Waals surface area (Å²) < 4.78 is 31.2. The summed E-state index contributed by atoms with van der Waals surface area (Å²) in [6, 6.07) is -0.537. The fourth-order valence-electron chi connectivity index (χ4n) is 4.46. The predicted octanol–water partition coefficient (Wildman–Crippen LogP) is 2.32. The Morgan fingerprint density at radius 2 is 1.94 bits per heavy atom. The first-order valence-corrected chi connectivity index (χ1v) is 11.9. The van der Waals surface area contributed by atoms with E-state index in [-0.39, 0.29) is 35.8 Å². The van der Waals surface area contributed by atoms with Gasteiger partial charge < -0.3 is 20.5 Å². The zero-order valence-corrected chi connectivity index (χ0v) is 19.3. The number of fused-ring (bicyclic) bond motifs is 2. The molecule has 0 radical (unpaired) electrons. The minimum absolute atomic E-state index is 0.0391. The quantitative estimate of drug-likeness (QED) is 0.382. The Morgan fingerprint density at radius 3 is 2.55 bits per heavy atom. The van der Waals surface area contributed by atoms with Gasteiger partial charge in [0.25, 0.3) is 0 Å². The number of aliphatic hydroxyl groups is 2. The molecule has 5 atom stereocenters. The van der Waals surface area contributed by atoms with Crippen LogP contribution in [0.15, 0.2) is 6.33 Å². The van der Waals surface area contributed by atoms with Crippen LogP contribution >= 0.6 is 19.4 Å². The van der Waals surface area contributed by atoms with Gasteiger partial charge in [-0.05, 0) is 51.6 Å². The van der Waals surface area contributed by atoms with Gasteiger partial charge in [-0.15, -0.1) is 0 Å². The SMILES string of the molecule is CC(C)OP(=O)(OC[C@]12C[C@H]1[C@@H](n1cnc3c(N)nc(Cl)nc31)[C@H](O)[C@@H]2O)OC(C)C. The Morgan fingerprint density at radius 1 is 1.29 bits per heavy atom. The van der Waals surface area contributed by atoms with E-state index in [0.29, 0.717) is 17.6 Å². The predicted molar refractivity (Wildman–Crippen MR) is 112 cm³/mol. The van der Waals surface area contributed by atoms with Crippen LogP contribution in [-0.4, -0.2) is 60.8 Å². The van der Waals surface area contributed by atoms with Gasteiger partial charge in [-0.3, -0.25) is 13.6 Å². The number of imidazole rings is 1. The highest BCUT2D eigenvalue weighted by Gasteiger charge is 2.72. The van der Waals surface area contributed by atoms with Gasteiger partial charge in [0.05, 0.1) is 37.3 Å². The molecule has 31 heavy (non-hydrogen) atoms. The Labute approximate surface area is 184 Å². The van der Waals surface area contributed by atoms with Crippen molar-refractivity contribution in [1.82, 2.24) is 19.5 Å². The Balaban J connectivity index is 1.59. The number of aromatic nitrogens is 4. The van der Waals surface area contributed by atoms with Crippen molar-refractivity contribution < 1.29 is 28.3 Å². The summed E-state index contributed by atoms with van der Waals surface area (Å²) in [5.74, 6) is -0.0406. The molecular weight excluding hydrogens is 449 g/mol. The number of rotatable bonds is 8. The van der Waals surface area contributed by atoms with Crippen molar-refractivity contribution in [2.24, 2.45) is 11.3 Å². The van der Waals surface area contributed by atoms with E-state index in [1.54, 1.807) is 32.3 Å². The van der Waals surface area contributed by atoms with E-state index in [1.165, 1.54) is 6.33 Å². The number of hydrogen-bond donors (Lipinski definition) is 3. The third-order valence-electron chi connectivity index (χ3n) is 5.77. The van der Waals surface area contributed by atoms with E-state index in [1.807, 2.05) is 0 Å². The summed E-state index contributed by atoms with van der Waals surface area (Å²) in [5, 5.41) is 21.6. The molecule has 4 rings (SSSR count). The zero-order valence-electron chi connectivity index (χ0n) is 17.7. The molecule has 2 aromatic heterocycles. The molecule has 2 fully saturated rings. The van der Waals surface area contributed by atoms with Gasteiger partial charge >= 0.3 is 7.82 Å². The topological polar surface area (TPSA) is 155 Å². The average molecular weight is 476 g/mol. The summed E-state index contributed by atoms with van der Waals surface area (Å²) in [6.07, 6.45) is -0.941. The van der Waals surface area contributed by atoms with Crippen LogP contribution < -0.4 is 5.73 Å². The number of aliphatic hydroxyl groups excluding tert-OH is 2. The average Bonchev–Trinajstić information content (AvgIpc) is 3.15. The Kier molecular flexibility index (Phi) is 5.83. The van der Waals surface area contributed by atoms with Gasteiger partial charge in [-0.1, -0.05) is 0 Å². The lowest BCUT2D eigenvalue weighted by atomic mass is 10.0.